The zero-order valence-electron chi connectivity index (χ0n) is 30.0. The number of piperazine rings is 1. The number of imide groups is 1. The summed E-state index contributed by atoms with van der Waals surface area (Å²) in [5, 5.41) is 11.1. The van der Waals surface area contributed by atoms with Crippen LogP contribution in [0, 0.1) is 12.8 Å². The summed E-state index contributed by atoms with van der Waals surface area (Å²) >= 11 is 0. The maximum absolute atomic E-state index is 13.4. The Morgan fingerprint density at radius 2 is 1.71 bits per heavy atom. The fourth-order valence-corrected chi connectivity index (χ4v) is 8.42. The largest absolute Gasteiger partial charge is 0.496 e. The summed E-state index contributed by atoms with van der Waals surface area (Å²) in [6.45, 7) is 7.17. The Morgan fingerprint density at radius 3 is 2.42 bits per heavy atom. The van der Waals surface area contributed by atoms with Crippen LogP contribution in [0.1, 0.15) is 90.9 Å². The van der Waals surface area contributed by atoms with Gasteiger partial charge in [-0.05, 0) is 99.2 Å². The molecule has 2 N–H and O–H groups in total. The Hall–Kier alpha value is -4.97. The second-order valence-electron chi connectivity index (χ2n) is 15.0. The second kappa shape index (κ2) is 14.2. The van der Waals surface area contributed by atoms with Crippen molar-refractivity contribution in [3.63, 3.8) is 0 Å². The topological polar surface area (TPSA) is 131 Å². The smallest absolute Gasteiger partial charge is 0.274 e. The number of ether oxygens (including phenoxy) is 1. The van der Waals surface area contributed by atoms with Gasteiger partial charge >= 0.3 is 0 Å². The molecule has 1 unspecified atom stereocenters. The number of rotatable bonds is 9. The highest BCUT2D eigenvalue weighted by molar-refractivity contribution is 6.08. The molecule has 0 spiro atoms. The Morgan fingerprint density at radius 1 is 0.942 bits per heavy atom. The molecule has 4 heterocycles. The Kier molecular flexibility index (Phi) is 9.33. The number of nitrogens with one attached hydrogen (secondary N) is 2. The number of hydrogen-bond donors (Lipinski definition) is 2. The van der Waals surface area contributed by atoms with Crippen molar-refractivity contribution < 1.29 is 19.1 Å². The number of nitrogens with zero attached hydrogens (tertiary/aromatic N) is 5. The van der Waals surface area contributed by atoms with Crippen LogP contribution in [0.3, 0.4) is 0 Å². The molecule has 3 amide bonds. The van der Waals surface area contributed by atoms with Crippen molar-refractivity contribution in [2.24, 2.45) is 5.92 Å². The highest BCUT2D eigenvalue weighted by atomic mass is 16.5. The SMILES string of the molecule is COc1cc2nn(C3CCC(CN4CCN(c5ccc(C6CCC(=O)NC6=O)c(C)c5)CC4)CC3)cc2cc1C(=O)Nc1cccn(C2CC2)c1=O. The van der Waals surface area contributed by atoms with Crippen molar-refractivity contribution in [2.45, 2.75) is 76.3 Å². The third kappa shape index (κ3) is 6.96. The third-order valence-electron chi connectivity index (χ3n) is 11.6. The number of piperidine rings is 1. The molecule has 52 heavy (non-hydrogen) atoms. The van der Waals surface area contributed by atoms with Gasteiger partial charge in [-0.2, -0.15) is 5.10 Å². The van der Waals surface area contributed by atoms with Crippen molar-refractivity contribution in [3.8, 4) is 5.75 Å². The minimum atomic E-state index is -0.378. The molecule has 1 atom stereocenters. The standard InChI is InChI=1S/C40H47N7O5/c1-25-20-30(11-12-31(25)32-13-14-37(48)42-38(32)49)45-18-16-44(17-19-45)23-26-5-7-29(8-6-26)47-24-27-21-33(36(52-2)22-35(27)43-47)39(50)41-34-4-3-15-46(40(34)51)28-9-10-28/h3-4,11-12,15,20-22,24,26,28-29,32H,5-10,13-14,16-19,23H2,1-2H3,(H,41,50)(H,42,48,49). The van der Waals surface area contributed by atoms with Crippen LogP contribution in [0.2, 0.25) is 0 Å². The van der Waals surface area contributed by atoms with E-state index in [2.05, 4.69) is 50.2 Å². The van der Waals surface area contributed by atoms with Crippen LogP contribution in [0.4, 0.5) is 11.4 Å². The first kappa shape index (κ1) is 34.1. The van der Waals surface area contributed by atoms with E-state index in [1.807, 2.05) is 18.3 Å². The van der Waals surface area contributed by atoms with Gasteiger partial charge in [-0.25, -0.2) is 0 Å². The molecule has 4 fully saturated rings. The van der Waals surface area contributed by atoms with Crippen LogP contribution in [0.5, 0.6) is 5.75 Å². The predicted octanol–water partition coefficient (Wildman–Crippen LogP) is 5.18. The van der Waals surface area contributed by atoms with E-state index in [1.165, 1.54) is 5.69 Å². The first-order chi connectivity index (χ1) is 25.2. The lowest BCUT2D eigenvalue weighted by Crippen LogP contribution is -2.48. The quantitative estimate of drug-likeness (QED) is 0.228. The van der Waals surface area contributed by atoms with E-state index < -0.39 is 0 Å². The second-order valence-corrected chi connectivity index (χ2v) is 15.0. The van der Waals surface area contributed by atoms with E-state index in [0.717, 1.165) is 93.3 Å². The Bertz CT molecular complexity index is 2070. The molecule has 8 rings (SSSR count). The molecule has 12 heteroatoms. The van der Waals surface area contributed by atoms with E-state index in [-0.39, 0.29) is 40.9 Å². The molecule has 2 aromatic heterocycles. The van der Waals surface area contributed by atoms with Gasteiger partial charge in [-0.1, -0.05) is 6.07 Å². The van der Waals surface area contributed by atoms with Crippen LogP contribution < -0.4 is 25.8 Å². The minimum Gasteiger partial charge on any atom is -0.496 e. The molecule has 272 valence electrons. The van der Waals surface area contributed by atoms with E-state index in [1.54, 1.807) is 30.0 Å². The van der Waals surface area contributed by atoms with Gasteiger partial charge in [0.1, 0.15) is 11.4 Å². The Balaban J connectivity index is 0.845. The maximum atomic E-state index is 13.4. The molecule has 2 aromatic carbocycles. The number of hydrogen-bond acceptors (Lipinski definition) is 8. The van der Waals surface area contributed by atoms with Crippen molar-refractivity contribution in [1.82, 2.24) is 24.6 Å². The molecule has 2 saturated heterocycles. The number of carbonyl (C=O) groups excluding carboxylic acids is 3. The number of benzene rings is 2. The highest BCUT2D eigenvalue weighted by Crippen LogP contribution is 2.36. The molecule has 0 bridgehead atoms. The molecular formula is C40H47N7O5. The summed E-state index contributed by atoms with van der Waals surface area (Å²) in [6.07, 6.45) is 11.2. The predicted molar refractivity (Wildman–Crippen MR) is 199 cm³/mol. The third-order valence-corrected chi connectivity index (χ3v) is 11.6. The molecule has 4 aliphatic rings. The number of aryl methyl sites for hydroxylation is 1. The molecular weight excluding hydrogens is 658 g/mol. The van der Waals surface area contributed by atoms with E-state index in [4.69, 9.17) is 9.84 Å². The first-order valence-electron chi connectivity index (χ1n) is 18.7. The summed E-state index contributed by atoms with van der Waals surface area (Å²) in [4.78, 5) is 55.4. The van der Waals surface area contributed by atoms with Crippen molar-refractivity contribution in [3.05, 3.63) is 81.9 Å². The van der Waals surface area contributed by atoms with Crippen molar-refractivity contribution in [1.29, 1.82) is 0 Å². The summed E-state index contributed by atoms with van der Waals surface area (Å²) in [5.41, 5.74) is 4.55. The number of carbonyl (C=O) groups is 3. The Labute approximate surface area is 303 Å². The van der Waals surface area contributed by atoms with E-state index in [9.17, 15) is 19.2 Å². The molecule has 2 saturated carbocycles. The molecule has 4 aromatic rings. The fraction of sp³-hybridized carbons (Fsp3) is 0.475. The number of anilines is 2. The van der Waals surface area contributed by atoms with Crippen molar-refractivity contribution in [2.75, 3.05) is 50.1 Å². The molecule has 12 nitrogen and oxygen atoms in total. The lowest BCUT2D eigenvalue weighted by molar-refractivity contribution is -0.134. The van der Waals surface area contributed by atoms with Crippen LogP contribution in [-0.2, 0) is 9.59 Å². The first-order valence-corrected chi connectivity index (χ1v) is 18.7. The van der Waals surface area contributed by atoms with Crippen LogP contribution in [-0.4, -0.2) is 76.8 Å². The van der Waals surface area contributed by atoms with Crippen LogP contribution >= 0.6 is 0 Å². The number of methoxy groups -OCH3 is 1. The molecule has 2 aliphatic carbocycles. The van der Waals surface area contributed by atoms with Gasteiger partial charge < -0.3 is 19.5 Å². The zero-order chi connectivity index (χ0) is 35.9. The summed E-state index contributed by atoms with van der Waals surface area (Å²) in [6, 6.07) is 14.0. The highest BCUT2D eigenvalue weighted by Gasteiger charge is 2.31. The van der Waals surface area contributed by atoms with Gasteiger partial charge in [0.05, 0.1) is 30.1 Å². The van der Waals surface area contributed by atoms with Gasteiger partial charge in [0.25, 0.3) is 11.5 Å². The maximum Gasteiger partial charge on any atom is 0.274 e. The lowest BCUT2D eigenvalue weighted by atomic mass is 9.85. The fourth-order valence-electron chi connectivity index (χ4n) is 8.42. The van der Waals surface area contributed by atoms with Gasteiger partial charge in [0.2, 0.25) is 11.8 Å². The number of fused-ring (bicyclic) bond motifs is 1. The molecule has 2 aliphatic heterocycles. The minimum absolute atomic E-state index is 0.181. The zero-order valence-corrected chi connectivity index (χ0v) is 30.0. The van der Waals surface area contributed by atoms with Crippen molar-refractivity contribution >= 4 is 40.0 Å². The normalized spacial score (nSPS) is 22.7. The number of aromatic nitrogens is 3. The summed E-state index contributed by atoms with van der Waals surface area (Å²) in [5.74, 6) is 0.0823. The van der Waals surface area contributed by atoms with Gasteiger partial charge in [-0.3, -0.25) is 34.1 Å². The van der Waals surface area contributed by atoms with Gasteiger partial charge in [-0.15, -0.1) is 0 Å². The van der Waals surface area contributed by atoms with Crippen LogP contribution in [0.15, 0.2) is 59.7 Å². The van der Waals surface area contributed by atoms with Crippen LogP contribution in [0.25, 0.3) is 10.9 Å². The number of amides is 3. The average Bonchev–Trinajstić information content (AvgIpc) is 3.91. The number of pyridine rings is 1. The summed E-state index contributed by atoms with van der Waals surface area (Å²) < 4.78 is 9.37. The van der Waals surface area contributed by atoms with Gasteiger partial charge in [0, 0.05) is 74.7 Å². The van der Waals surface area contributed by atoms with Gasteiger partial charge in [0.15, 0.2) is 0 Å². The van der Waals surface area contributed by atoms with E-state index in [0.29, 0.717) is 36.1 Å². The average molecular weight is 706 g/mol. The van der Waals surface area contributed by atoms with E-state index >= 15 is 0 Å². The monoisotopic (exact) mass is 705 g/mol. The lowest BCUT2D eigenvalue weighted by Gasteiger charge is -2.39. The molecule has 0 radical (unpaired) electrons. The summed E-state index contributed by atoms with van der Waals surface area (Å²) in [7, 11) is 1.54.